The van der Waals surface area contributed by atoms with Crippen molar-refractivity contribution in [3.63, 3.8) is 0 Å². The van der Waals surface area contributed by atoms with Crippen LogP contribution in [0.15, 0.2) is 24.3 Å². The molecule has 0 saturated heterocycles. The minimum atomic E-state index is -0.392. The van der Waals surface area contributed by atoms with Crippen molar-refractivity contribution in [2.75, 3.05) is 5.32 Å². The van der Waals surface area contributed by atoms with Crippen LogP contribution < -0.4 is 5.32 Å². The van der Waals surface area contributed by atoms with E-state index < -0.39 is 6.09 Å². The molecule has 3 nitrogen and oxygen atoms in total. The Balaban J connectivity index is 1.79. The lowest BCUT2D eigenvalue weighted by atomic mass is 9.72. The summed E-state index contributed by atoms with van der Waals surface area (Å²) in [5.41, 5.74) is 1.00. The Morgan fingerprint density at radius 3 is 2.48 bits per heavy atom. The van der Waals surface area contributed by atoms with Crippen LogP contribution in [0.2, 0.25) is 5.02 Å². The number of carbonyl (C=O) groups is 1. The number of amides is 1. The molecule has 1 aromatic rings. The van der Waals surface area contributed by atoms with Crippen LogP contribution >= 0.6 is 11.6 Å². The van der Waals surface area contributed by atoms with Gasteiger partial charge in [-0.15, -0.1) is 0 Å². The average molecular weight is 310 g/mol. The number of carbonyl (C=O) groups excluding carboxylic acids is 1. The lowest BCUT2D eigenvalue weighted by molar-refractivity contribution is 0.0528. The molecule has 0 atom stereocenters. The van der Waals surface area contributed by atoms with Crippen LogP contribution in [0, 0.1) is 11.3 Å². The third-order valence-electron chi connectivity index (χ3n) is 4.24. The second-order valence-corrected chi connectivity index (χ2v) is 7.32. The number of benzene rings is 1. The van der Waals surface area contributed by atoms with Crippen LogP contribution in [-0.2, 0) is 4.74 Å². The lowest BCUT2D eigenvalue weighted by Gasteiger charge is -2.36. The van der Waals surface area contributed by atoms with Crippen molar-refractivity contribution in [3.05, 3.63) is 29.3 Å². The van der Waals surface area contributed by atoms with Crippen LogP contribution in [0.3, 0.4) is 0 Å². The monoisotopic (exact) mass is 309 g/mol. The van der Waals surface area contributed by atoms with E-state index in [1.165, 1.54) is 0 Å². The molecule has 1 N–H and O–H groups in total. The highest BCUT2D eigenvalue weighted by Crippen LogP contribution is 2.38. The summed E-state index contributed by atoms with van der Waals surface area (Å²) in [5.74, 6) is 0.716. The molecule has 2 rings (SSSR count). The highest BCUT2D eigenvalue weighted by molar-refractivity contribution is 6.30. The summed E-state index contributed by atoms with van der Waals surface area (Å²) in [5, 5.41) is 3.32. The van der Waals surface area contributed by atoms with Gasteiger partial charge in [0, 0.05) is 10.7 Å². The molecule has 0 spiro atoms. The molecule has 0 unspecified atom stereocenters. The van der Waals surface area contributed by atoms with Gasteiger partial charge in [-0.05, 0) is 55.2 Å². The quantitative estimate of drug-likeness (QED) is 0.784. The summed E-state index contributed by atoms with van der Waals surface area (Å²) in [7, 11) is 0. The molecule has 1 amide bonds. The van der Waals surface area contributed by atoms with Gasteiger partial charge >= 0.3 is 6.09 Å². The SMILES string of the molecule is CC(C)(C)C1CCC(OC(=O)Nc2cccc(Cl)c2)CC1. The molecule has 0 aromatic heterocycles. The van der Waals surface area contributed by atoms with Crippen molar-refractivity contribution in [1.82, 2.24) is 0 Å². The second kappa shape index (κ2) is 6.69. The predicted octanol–water partition coefficient (Wildman–Crippen LogP) is 5.49. The first kappa shape index (κ1) is 16.2. The molecule has 0 radical (unpaired) electrons. The number of ether oxygens (including phenoxy) is 1. The van der Waals surface area contributed by atoms with E-state index in [9.17, 15) is 4.79 Å². The van der Waals surface area contributed by atoms with Crippen molar-refractivity contribution < 1.29 is 9.53 Å². The predicted molar refractivity (Wildman–Crippen MR) is 86.8 cm³/mol. The Kier molecular flexibility index (Phi) is 5.15. The fourth-order valence-corrected chi connectivity index (χ4v) is 3.10. The zero-order chi connectivity index (χ0) is 15.5. The van der Waals surface area contributed by atoms with Crippen LogP contribution in [0.25, 0.3) is 0 Å². The van der Waals surface area contributed by atoms with Gasteiger partial charge in [0.1, 0.15) is 6.10 Å². The van der Waals surface area contributed by atoms with Crippen molar-refractivity contribution in [1.29, 1.82) is 0 Å². The maximum Gasteiger partial charge on any atom is 0.411 e. The Hall–Kier alpha value is -1.22. The molecule has 1 fully saturated rings. The zero-order valence-electron chi connectivity index (χ0n) is 13.0. The van der Waals surface area contributed by atoms with Gasteiger partial charge < -0.3 is 4.74 Å². The standard InChI is InChI=1S/C17H24ClNO2/c1-17(2,3)12-7-9-15(10-8-12)21-16(20)19-14-6-4-5-13(18)11-14/h4-6,11-12,15H,7-10H2,1-3H3,(H,19,20). The van der Waals surface area contributed by atoms with Crippen LogP contribution in [0.4, 0.5) is 10.5 Å². The number of rotatable bonds is 2. The van der Waals surface area contributed by atoms with E-state index in [4.69, 9.17) is 16.3 Å². The van der Waals surface area contributed by atoms with Gasteiger partial charge in [0.2, 0.25) is 0 Å². The highest BCUT2D eigenvalue weighted by atomic mass is 35.5. The van der Waals surface area contributed by atoms with Crippen molar-refractivity contribution in [3.8, 4) is 0 Å². The Morgan fingerprint density at radius 2 is 1.90 bits per heavy atom. The molecule has 0 aliphatic heterocycles. The van der Waals surface area contributed by atoms with Gasteiger partial charge in [-0.2, -0.15) is 0 Å². The maximum atomic E-state index is 11.9. The number of hydrogen-bond acceptors (Lipinski definition) is 2. The molecule has 1 aliphatic rings. The smallest absolute Gasteiger partial charge is 0.411 e. The fourth-order valence-electron chi connectivity index (χ4n) is 2.91. The third kappa shape index (κ3) is 4.92. The van der Waals surface area contributed by atoms with Crippen molar-refractivity contribution in [2.45, 2.75) is 52.6 Å². The first-order valence-electron chi connectivity index (χ1n) is 7.58. The molecule has 1 aromatic carbocycles. The van der Waals surface area contributed by atoms with E-state index in [1.54, 1.807) is 24.3 Å². The molecule has 1 aliphatic carbocycles. The van der Waals surface area contributed by atoms with Gasteiger partial charge in [-0.25, -0.2) is 4.79 Å². The Morgan fingerprint density at radius 1 is 1.24 bits per heavy atom. The summed E-state index contributed by atoms with van der Waals surface area (Å²) < 4.78 is 5.50. The number of hydrogen-bond donors (Lipinski definition) is 1. The fraction of sp³-hybridized carbons (Fsp3) is 0.588. The van der Waals surface area contributed by atoms with E-state index in [2.05, 4.69) is 26.1 Å². The summed E-state index contributed by atoms with van der Waals surface area (Å²) in [6.07, 6.45) is 3.78. The summed E-state index contributed by atoms with van der Waals surface area (Å²) in [6.45, 7) is 6.85. The van der Waals surface area contributed by atoms with E-state index in [-0.39, 0.29) is 6.10 Å². The second-order valence-electron chi connectivity index (χ2n) is 6.88. The van der Waals surface area contributed by atoms with Crippen LogP contribution in [-0.4, -0.2) is 12.2 Å². The topological polar surface area (TPSA) is 38.3 Å². The number of halogens is 1. The van der Waals surface area contributed by atoms with Crippen molar-refractivity contribution in [2.24, 2.45) is 11.3 Å². The van der Waals surface area contributed by atoms with Gasteiger partial charge in [-0.3, -0.25) is 5.32 Å². The molecule has 21 heavy (non-hydrogen) atoms. The highest BCUT2D eigenvalue weighted by Gasteiger charge is 2.31. The normalized spacial score (nSPS) is 22.7. The van der Waals surface area contributed by atoms with E-state index in [0.717, 1.165) is 25.7 Å². The van der Waals surface area contributed by atoms with E-state index in [1.807, 2.05) is 0 Å². The van der Waals surface area contributed by atoms with E-state index in [0.29, 0.717) is 22.0 Å². The molecular formula is C17H24ClNO2. The lowest BCUT2D eigenvalue weighted by Crippen LogP contribution is -2.31. The summed E-state index contributed by atoms with van der Waals surface area (Å²) >= 11 is 5.89. The van der Waals surface area contributed by atoms with Gasteiger partial charge in [0.05, 0.1) is 0 Å². The first-order chi connectivity index (χ1) is 9.84. The molecule has 1 saturated carbocycles. The third-order valence-corrected chi connectivity index (χ3v) is 4.48. The van der Waals surface area contributed by atoms with Crippen molar-refractivity contribution >= 4 is 23.4 Å². The summed E-state index contributed by atoms with van der Waals surface area (Å²) in [4.78, 5) is 11.9. The number of anilines is 1. The van der Waals surface area contributed by atoms with Crippen LogP contribution in [0.5, 0.6) is 0 Å². The van der Waals surface area contributed by atoms with Gasteiger partial charge in [0.25, 0.3) is 0 Å². The molecular weight excluding hydrogens is 286 g/mol. The minimum Gasteiger partial charge on any atom is -0.446 e. The molecule has 0 heterocycles. The molecule has 4 heteroatoms. The molecule has 0 bridgehead atoms. The van der Waals surface area contributed by atoms with E-state index >= 15 is 0 Å². The molecule has 116 valence electrons. The zero-order valence-corrected chi connectivity index (χ0v) is 13.7. The van der Waals surface area contributed by atoms with Crippen LogP contribution in [0.1, 0.15) is 46.5 Å². The minimum absolute atomic E-state index is 0.0304. The Labute approximate surface area is 132 Å². The summed E-state index contributed by atoms with van der Waals surface area (Å²) in [6, 6.07) is 7.07. The Bertz CT molecular complexity index is 488. The largest absolute Gasteiger partial charge is 0.446 e. The first-order valence-corrected chi connectivity index (χ1v) is 7.95. The van der Waals surface area contributed by atoms with Gasteiger partial charge in [-0.1, -0.05) is 38.4 Å². The average Bonchev–Trinajstić information content (AvgIpc) is 2.38. The van der Waals surface area contributed by atoms with Gasteiger partial charge in [0.15, 0.2) is 0 Å². The number of nitrogens with one attached hydrogen (secondary N) is 1. The maximum absolute atomic E-state index is 11.9.